The van der Waals surface area contributed by atoms with Crippen LogP contribution in [-0.2, 0) is 19.2 Å². The second-order valence-electron chi connectivity index (χ2n) is 14.1. The summed E-state index contributed by atoms with van der Waals surface area (Å²) in [5.41, 5.74) is 5.16. The summed E-state index contributed by atoms with van der Waals surface area (Å²) >= 11 is 0. The van der Waals surface area contributed by atoms with Gasteiger partial charge in [-0.1, -0.05) is 6.92 Å². The van der Waals surface area contributed by atoms with Gasteiger partial charge in [-0.2, -0.15) is 0 Å². The van der Waals surface area contributed by atoms with Gasteiger partial charge in [0.25, 0.3) is 0 Å². The molecule has 6 aliphatic heterocycles. The van der Waals surface area contributed by atoms with E-state index in [0.717, 1.165) is 90.8 Å². The number of hydrogen-bond donors (Lipinski definition) is 5. The zero-order valence-corrected chi connectivity index (χ0v) is 30.4. The Morgan fingerprint density at radius 1 is 0.723 bits per heavy atom. The van der Waals surface area contributed by atoms with E-state index in [1.807, 2.05) is 25.9 Å². The lowest BCUT2D eigenvalue weighted by Gasteiger charge is -2.27. The fraction of sp³-hybridized carbons (Fsp3) is 0.882. The number of amides is 3. The molecule has 6 N–H and O–H groups in total. The maximum absolute atomic E-state index is 10.7. The van der Waals surface area contributed by atoms with Crippen molar-refractivity contribution in [1.82, 2.24) is 35.6 Å². The highest BCUT2D eigenvalue weighted by Gasteiger charge is 2.25. The lowest BCUT2D eigenvalue weighted by atomic mass is 9.98. The first kappa shape index (κ1) is 42.7. The predicted molar refractivity (Wildman–Crippen MR) is 188 cm³/mol. The lowest BCUT2D eigenvalue weighted by Crippen LogP contribution is -2.40. The van der Waals surface area contributed by atoms with Crippen molar-refractivity contribution in [2.75, 3.05) is 100 Å². The van der Waals surface area contributed by atoms with Gasteiger partial charge in [0.2, 0.25) is 17.7 Å². The molecule has 0 bridgehead atoms. The number of hydrogen-bond acceptors (Lipinski definition) is 9. The standard InChI is InChI=1S/C7H14N2O.C6H11NO2.C6H11NO.C5H12N2.C5H9NO.C5H11N/c1-9-4-2-3-6(5-9)7(8)10;1-7-3-2-5(4-7)6(8)9;1-5-3-2-4-6(8)7-5;1-7-4-2-6-3-5-7;1-4-2-5(7)6-3-4;1-6-4-2-3-5-6/h6H,2-5H2,1H3,(H2,8,10);5H,2-4H2,1H3,(H,8,9);5H,2-4H2,1H3,(H,7,8);6H,2-5H2,1H3;4H,2-3H2,1H3,(H,6,7);2-5H2,1H3. The van der Waals surface area contributed by atoms with E-state index in [9.17, 15) is 19.2 Å². The predicted octanol–water partition coefficient (Wildman–Crippen LogP) is 0.887. The Balaban J connectivity index is 0.000000284. The molecule has 6 saturated heterocycles. The van der Waals surface area contributed by atoms with Gasteiger partial charge in [0.1, 0.15) is 0 Å². The molecule has 13 heteroatoms. The van der Waals surface area contributed by atoms with E-state index in [0.29, 0.717) is 12.0 Å². The van der Waals surface area contributed by atoms with E-state index in [1.54, 1.807) is 0 Å². The van der Waals surface area contributed by atoms with Gasteiger partial charge in [0.15, 0.2) is 0 Å². The monoisotopic (exact) mass is 669 g/mol. The molecule has 6 rings (SSSR count). The van der Waals surface area contributed by atoms with Crippen LogP contribution in [0.15, 0.2) is 0 Å². The fourth-order valence-corrected chi connectivity index (χ4v) is 5.92. The van der Waals surface area contributed by atoms with Crippen LogP contribution >= 0.6 is 0 Å². The Labute approximate surface area is 284 Å². The van der Waals surface area contributed by atoms with Crippen LogP contribution in [-0.4, -0.2) is 155 Å². The average Bonchev–Trinajstić information content (AvgIpc) is 3.78. The molecular formula is C34H68N8O5. The van der Waals surface area contributed by atoms with E-state index < -0.39 is 5.97 Å². The Kier molecular flexibility index (Phi) is 22.5. The molecule has 0 aliphatic carbocycles. The second kappa shape index (κ2) is 24.8. The molecule has 6 fully saturated rings. The minimum absolute atomic E-state index is 0.0961. The molecule has 4 unspecified atom stereocenters. The summed E-state index contributed by atoms with van der Waals surface area (Å²) in [6.45, 7) is 16.0. The van der Waals surface area contributed by atoms with Crippen molar-refractivity contribution >= 4 is 23.7 Å². The molecule has 0 radical (unpaired) electrons. The number of piperazine rings is 1. The first-order valence-electron chi connectivity index (χ1n) is 17.8. The third-order valence-corrected chi connectivity index (χ3v) is 9.07. The van der Waals surface area contributed by atoms with E-state index in [2.05, 4.69) is 51.7 Å². The Hall–Kier alpha value is -2.32. The lowest BCUT2D eigenvalue weighted by molar-refractivity contribution is -0.141. The largest absolute Gasteiger partial charge is 0.481 e. The number of piperidine rings is 2. The minimum atomic E-state index is -0.653. The number of carboxylic acids is 1. The molecule has 3 amide bonds. The van der Waals surface area contributed by atoms with Crippen molar-refractivity contribution in [2.24, 2.45) is 23.5 Å². The van der Waals surface area contributed by atoms with Gasteiger partial charge in [-0.05, 0) is 112 Å². The van der Waals surface area contributed by atoms with Gasteiger partial charge in [-0.15, -0.1) is 0 Å². The number of carbonyl (C=O) groups is 4. The summed E-state index contributed by atoms with van der Waals surface area (Å²) in [5.74, 6) is 0.156. The molecule has 4 atom stereocenters. The third-order valence-electron chi connectivity index (χ3n) is 9.07. The number of aliphatic carboxylic acids is 1. The van der Waals surface area contributed by atoms with Crippen LogP contribution in [0.1, 0.15) is 71.6 Å². The summed E-state index contributed by atoms with van der Waals surface area (Å²) in [4.78, 5) is 50.8. The Bertz CT molecular complexity index is 898. The number of primary amides is 1. The average molecular weight is 669 g/mol. The van der Waals surface area contributed by atoms with Crippen LogP contribution in [0.2, 0.25) is 0 Å². The highest BCUT2D eigenvalue weighted by Crippen LogP contribution is 2.14. The van der Waals surface area contributed by atoms with Crippen LogP contribution in [0.5, 0.6) is 0 Å². The molecule has 0 aromatic rings. The van der Waals surface area contributed by atoms with Crippen LogP contribution in [0.3, 0.4) is 0 Å². The number of rotatable bonds is 2. The number of likely N-dealkylation sites (tertiary alicyclic amines) is 3. The molecule has 274 valence electrons. The minimum Gasteiger partial charge on any atom is -0.481 e. The number of likely N-dealkylation sites (N-methyl/N-ethyl adjacent to an activating group) is 1. The van der Waals surface area contributed by atoms with Crippen molar-refractivity contribution in [3.8, 4) is 0 Å². The highest BCUT2D eigenvalue weighted by atomic mass is 16.4. The van der Waals surface area contributed by atoms with E-state index in [4.69, 9.17) is 10.8 Å². The number of nitrogens with one attached hydrogen (secondary N) is 3. The highest BCUT2D eigenvalue weighted by molar-refractivity contribution is 5.78. The summed E-state index contributed by atoms with van der Waals surface area (Å²) in [7, 11) is 8.30. The van der Waals surface area contributed by atoms with Crippen molar-refractivity contribution < 1.29 is 24.3 Å². The number of nitrogens with two attached hydrogens (primary N) is 1. The smallest absolute Gasteiger partial charge is 0.307 e. The Morgan fingerprint density at radius 3 is 1.57 bits per heavy atom. The Morgan fingerprint density at radius 2 is 1.30 bits per heavy atom. The van der Waals surface area contributed by atoms with Crippen molar-refractivity contribution in [3.05, 3.63) is 0 Å². The van der Waals surface area contributed by atoms with Crippen LogP contribution in [0, 0.1) is 17.8 Å². The number of carbonyl (C=O) groups excluding carboxylic acids is 3. The first-order chi connectivity index (χ1) is 22.3. The first-order valence-corrected chi connectivity index (χ1v) is 17.8. The van der Waals surface area contributed by atoms with Gasteiger partial charge >= 0.3 is 5.97 Å². The van der Waals surface area contributed by atoms with Crippen LogP contribution in [0.4, 0.5) is 0 Å². The second-order valence-corrected chi connectivity index (χ2v) is 14.1. The van der Waals surface area contributed by atoms with Crippen molar-refractivity contribution in [3.63, 3.8) is 0 Å². The van der Waals surface area contributed by atoms with Gasteiger partial charge < -0.3 is 46.4 Å². The number of carboxylic acid groups (broad SMARTS) is 1. The quantitative estimate of drug-likeness (QED) is 0.286. The molecule has 0 spiro atoms. The van der Waals surface area contributed by atoms with E-state index in [-0.39, 0.29) is 29.6 Å². The van der Waals surface area contributed by atoms with E-state index >= 15 is 0 Å². The SMILES string of the molecule is CC1CCCC(=O)N1.CC1CNC(=O)C1.CN1CCC(C(=O)O)C1.CN1CCCC(C(N)=O)C1.CN1CCCC1.CN1CCNCC1. The summed E-state index contributed by atoms with van der Waals surface area (Å²) in [5, 5.41) is 17.3. The normalized spacial score (nSPS) is 28.1. The molecule has 47 heavy (non-hydrogen) atoms. The van der Waals surface area contributed by atoms with Crippen molar-refractivity contribution in [1.29, 1.82) is 0 Å². The topological polar surface area (TPSA) is 164 Å². The maximum atomic E-state index is 10.7. The van der Waals surface area contributed by atoms with E-state index in [1.165, 1.54) is 39.0 Å². The third kappa shape index (κ3) is 22.0. The van der Waals surface area contributed by atoms with Crippen LogP contribution in [0.25, 0.3) is 0 Å². The number of nitrogens with zero attached hydrogens (tertiary/aromatic N) is 4. The zero-order chi connectivity index (χ0) is 35.2. The van der Waals surface area contributed by atoms with Gasteiger partial charge in [-0.25, -0.2) is 0 Å². The summed E-state index contributed by atoms with van der Waals surface area (Å²) < 4.78 is 0. The fourth-order valence-electron chi connectivity index (χ4n) is 5.92. The zero-order valence-electron chi connectivity index (χ0n) is 30.4. The van der Waals surface area contributed by atoms with Gasteiger partial charge in [0, 0.05) is 64.7 Å². The molecule has 6 aliphatic rings. The molecule has 0 aromatic heterocycles. The van der Waals surface area contributed by atoms with Gasteiger partial charge in [0.05, 0.1) is 11.8 Å². The molecule has 0 aromatic carbocycles. The molecule has 6 heterocycles. The van der Waals surface area contributed by atoms with Crippen molar-refractivity contribution in [2.45, 2.75) is 77.7 Å². The van der Waals surface area contributed by atoms with Gasteiger partial charge in [-0.3, -0.25) is 19.2 Å². The molecule has 13 nitrogen and oxygen atoms in total. The summed E-state index contributed by atoms with van der Waals surface area (Å²) in [6, 6.07) is 0.413. The maximum Gasteiger partial charge on any atom is 0.307 e. The summed E-state index contributed by atoms with van der Waals surface area (Å²) in [6.07, 6.45) is 9.37. The molecule has 0 saturated carbocycles. The molecular weight excluding hydrogens is 600 g/mol. The van der Waals surface area contributed by atoms with Crippen LogP contribution < -0.4 is 21.7 Å².